The maximum Gasteiger partial charge on any atom is 0.272 e. The maximum absolute atomic E-state index is 13.5. The zero-order valence-electron chi connectivity index (χ0n) is 22.5. The molecule has 1 atom stereocenters. The van der Waals surface area contributed by atoms with E-state index in [1.807, 2.05) is 52.1 Å². The normalized spacial score (nSPS) is 17.5. The SMILES string of the molecule is CNC(=O)C(NC(=O)c1nc(-c2ccc(C(=O)N3CCOCC3)cc2)n2c1CN(C)CCC2)C(C)(C)C. The van der Waals surface area contributed by atoms with Crippen LogP contribution in [0.2, 0.25) is 0 Å². The zero-order valence-corrected chi connectivity index (χ0v) is 22.5. The fourth-order valence-corrected chi connectivity index (χ4v) is 4.85. The second-order valence-electron chi connectivity index (χ2n) is 10.8. The van der Waals surface area contributed by atoms with Crippen LogP contribution in [0.3, 0.4) is 0 Å². The lowest BCUT2D eigenvalue weighted by Crippen LogP contribution is -2.53. The number of carbonyl (C=O) groups is 3. The molecular formula is C27H38N6O4. The smallest absolute Gasteiger partial charge is 0.272 e. The number of morpholine rings is 1. The van der Waals surface area contributed by atoms with E-state index in [9.17, 15) is 14.4 Å². The van der Waals surface area contributed by atoms with Crippen molar-refractivity contribution in [1.82, 2.24) is 30.0 Å². The molecule has 3 heterocycles. The Balaban J connectivity index is 1.66. The lowest BCUT2D eigenvalue weighted by molar-refractivity contribution is -0.124. The van der Waals surface area contributed by atoms with Crippen molar-refractivity contribution in [2.45, 2.75) is 46.3 Å². The summed E-state index contributed by atoms with van der Waals surface area (Å²) in [5, 5.41) is 5.58. The van der Waals surface area contributed by atoms with E-state index >= 15 is 0 Å². The number of hydrogen-bond acceptors (Lipinski definition) is 6. The van der Waals surface area contributed by atoms with E-state index < -0.39 is 11.5 Å². The Bertz CT molecular complexity index is 1140. The third kappa shape index (κ3) is 5.86. The molecule has 1 aromatic carbocycles. The molecule has 2 N–H and O–H groups in total. The predicted octanol–water partition coefficient (Wildman–Crippen LogP) is 1.75. The van der Waals surface area contributed by atoms with Gasteiger partial charge in [0.05, 0.1) is 18.9 Å². The van der Waals surface area contributed by atoms with Gasteiger partial charge in [0.2, 0.25) is 5.91 Å². The van der Waals surface area contributed by atoms with Gasteiger partial charge in [0.1, 0.15) is 11.9 Å². The van der Waals surface area contributed by atoms with E-state index in [0.29, 0.717) is 49.9 Å². The summed E-state index contributed by atoms with van der Waals surface area (Å²) >= 11 is 0. The molecule has 0 saturated carbocycles. The van der Waals surface area contributed by atoms with E-state index in [0.717, 1.165) is 30.8 Å². The number of ether oxygens (including phenoxy) is 1. The van der Waals surface area contributed by atoms with Gasteiger partial charge in [-0.15, -0.1) is 0 Å². The average Bonchev–Trinajstić information content (AvgIpc) is 3.12. The number of carbonyl (C=O) groups excluding carboxylic acids is 3. The van der Waals surface area contributed by atoms with Gasteiger partial charge in [0, 0.05) is 44.4 Å². The van der Waals surface area contributed by atoms with Crippen molar-refractivity contribution in [1.29, 1.82) is 0 Å². The molecule has 2 aliphatic rings. The molecule has 1 saturated heterocycles. The molecule has 1 fully saturated rings. The molecule has 2 aliphatic heterocycles. The van der Waals surface area contributed by atoms with Crippen LogP contribution in [0.15, 0.2) is 24.3 Å². The molecule has 0 radical (unpaired) electrons. The van der Waals surface area contributed by atoms with Gasteiger partial charge < -0.3 is 29.7 Å². The van der Waals surface area contributed by atoms with Crippen LogP contribution in [0.5, 0.6) is 0 Å². The van der Waals surface area contributed by atoms with Crippen molar-refractivity contribution < 1.29 is 19.1 Å². The van der Waals surface area contributed by atoms with Crippen LogP contribution in [0.25, 0.3) is 11.4 Å². The minimum atomic E-state index is -0.709. The van der Waals surface area contributed by atoms with Crippen LogP contribution in [-0.4, -0.2) is 90.1 Å². The monoisotopic (exact) mass is 510 g/mol. The van der Waals surface area contributed by atoms with Crippen LogP contribution in [0.4, 0.5) is 0 Å². The number of imidazole rings is 1. The highest BCUT2D eigenvalue weighted by atomic mass is 16.5. The summed E-state index contributed by atoms with van der Waals surface area (Å²) in [5.41, 5.74) is 2.13. The Kier molecular flexibility index (Phi) is 7.99. The van der Waals surface area contributed by atoms with Gasteiger partial charge >= 0.3 is 0 Å². The zero-order chi connectivity index (χ0) is 26.7. The Morgan fingerprint density at radius 2 is 1.70 bits per heavy atom. The number of benzene rings is 1. The highest BCUT2D eigenvalue weighted by Crippen LogP contribution is 2.28. The lowest BCUT2D eigenvalue weighted by Gasteiger charge is -2.29. The Hall–Kier alpha value is -3.24. The van der Waals surface area contributed by atoms with Crippen molar-refractivity contribution in [3.63, 3.8) is 0 Å². The van der Waals surface area contributed by atoms with E-state index in [-0.39, 0.29) is 17.7 Å². The molecule has 2 aromatic rings. The first-order valence-corrected chi connectivity index (χ1v) is 12.9. The molecule has 4 rings (SSSR count). The van der Waals surface area contributed by atoms with Crippen LogP contribution < -0.4 is 10.6 Å². The van der Waals surface area contributed by atoms with Crippen LogP contribution >= 0.6 is 0 Å². The van der Waals surface area contributed by atoms with Crippen molar-refractivity contribution in [2.24, 2.45) is 5.41 Å². The molecule has 200 valence electrons. The quantitative estimate of drug-likeness (QED) is 0.635. The van der Waals surface area contributed by atoms with Gasteiger partial charge in [-0.05, 0) is 37.6 Å². The predicted molar refractivity (Wildman–Crippen MR) is 140 cm³/mol. The summed E-state index contributed by atoms with van der Waals surface area (Å²) in [6, 6.07) is 6.71. The Morgan fingerprint density at radius 1 is 1.03 bits per heavy atom. The standard InChI is InChI=1S/C27H38N6O4/c1-27(2,3)22(25(35)28-4)30-24(34)21-20-17-31(5)11-6-12-33(20)23(29-21)18-7-9-19(10-8-18)26(36)32-13-15-37-16-14-32/h7-10,22H,6,11-17H2,1-5H3,(H,28,35)(H,30,34). The second-order valence-corrected chi connectivity index (χ2v) is 10.8. The van der Waals surface area contributed by atoms with E-state index in [1.165, 1.54) is 0 Å². The van der Waals surface area contributed by atoms with Gasteiger partial charge in [-0.25, -0.2) is 4.98 Å². The van der Waals surface area contributed by atoms with Crippen molar-refractivity contribution in [3.05, 3.63) is 41.2 Å². The number of fused-ring (bicyclic) bond motifs is 1. The first kappa shape index (κ1) is 26.8. The molecule has 10 heteroatoms. The van der Waals surface area contributed by atoms with Crippen molar-refractivity contribution in [2.75, 3.05) is 46.9 Å². The molecule has 1 unspecified atom stereocenters. The molecule has 0 spiro atoms. The van der Waals surface area contributed by atoms with Crippen LogP contribution in [-0.2, 0) is 22.6 Å². The summed E-state index contributed by atoms with van der Waals surface area (Å²) < 4.78 is 7.45. The topological polar surface area (TPSA) is 109 Å². The number of amides is 3. The summed E-state index contributed by atoms with van der Waals surface area (Å²) in [7, 11) is 3.59. The van der Waals surface area contributed by atoms with Gasteiger partial charge in [-0.1, -0.05) is 32.9 Å². The Morgan fingerprint density at radius 3 is 2.32 bits per heavy atom. The van der Waals surface area contributed by atoms with Crippen molar-refractivity contribution in [3.8, 4) is 11.4 Å². The number of hydrogen-bond donors (Lipinski definition) is 2. The first-order valence-electron chi connectivity index (χ1n) is 12.9. The van der Waals surface area contributed by atoms with E-state index in [2.05, 4.69) is 20.1 Å². The summed E-state index contributed by atoms with van der Waals surface area (Å²) in [5.74, 6) is 0.0611. The molecule has 3 amide bonds. The fraction of sp³-hybridized carbons (Fsp3) is 0.556. The third-order valence-electron chi connectivity index (χ3n) is 6.97. The number of nitrogens with one attached hydrogen (secondary N) is 2. The minimum absolute atomic E-state index is 0.0130. The van der Waals surface area contributed by atoms with Crippen LogP contribution in [0, 0.1) is 5.41 Å². The molecule has 1 aromatic heterocycles. The third-order valence-corrected chi connectivity index (χ3v) is 6.97. The van der Waals surface area contributed by atoms with Crippen molar-refractivity contribution >= 4 is 17.7 Å². The average molecular weight is 511 g/mol. The maximum atomic E-state index is 13.5. The minimum Gasteiger partial charge on any atom is -0.378 e. The number of nitrogens with zero attached hydrogens (tertiary/aromatic N) is 4. The molecular weight excluding hydrogens is 472 g/mol. The van der Waals surface area contributed by atoms with Gasteiger partial charge in [0.15, 0.2) is 5.69 Å². The first-order chi connectivity index (χ1) is 17.6. The van der Waals surface area contributed by atoms with Gasteiger partial charge in [-0.2, -0.15) is 0 Å². The second kappa shape index (κ2) is 11.0. The van der Waals surface area contributed by atoms with E-state index in [4.69, 9.17) is 9.72 Å². The van der Waals surface area contributed by atoms with Gasteiger partial charge in [0.25, 0.3) is 11.8 Å². The summed E-state index contributed by atoms with van der Waals surface area (Å²) in [6.07, 6.45) is 0.921. The number of rotatable bonds is 5. The number of likely N-dealkylation sites (N-methyl/N-ethyl adjacent to an activating group) is 1. The fourth-order valence-electron chi connectivity index (χ4n) is 4.85. The molecule has 37 heavy (non-hydrogen) atoms. The van der Waals surface area contributed by atoms with Gasteiger partial charge in [-0.3, -0.25) is 14.4 Å². The molecule has 0 bridgehead atoms. The highest BCUT2D eigenvalue weighted by Gasteiger charge is 2.34. The van der Waals surface area contributed by atoms with Crippen LogP contribution in [0.1, 0.15) is 53.7 Å². The Labute approximate surface area is 218 Å². The van der Waals surface area contributed by atoms with E-state index in [1.54, 1.807) is 11.9 Å². The molecule has 0 aliphatic carbocycles. The summed E-state index contributed by atoms with van der Waals surface area (Å²) in [4.78, 5) is 47.7. The molecule has 10 nitrogen and oxygen atoms in total. The summed E-state index contributed by atoms with van der Waals surface area (Å²) in [6.45, 7) is 10.2. The lowest BCUT2D eigenvalue weighted by atomic mass is 9.86. The number of aromatic nitrogens is 2. The largest absolute Gasteiger partial charge is 0.378 e. The highest BCUT2D eigenvalue weighted by molar-refractivity contribution is 5.98.